The Bertz CT molecular complexity index is 536. The summed E-state index contributed by atoms with van der Waals surface area (Å²) in [6.45, 7) is -0.368. The van der Waals surface area contributed by atoms with Crippen LogP contribution in [0.4, 0.5) is 5.82 Å². The van der Waals surface area contributed by atoms with Crippen molar-refractivity contribution in [2.24, 2.45) is 4.99 Å². The molecule has 0 aliphatic carbocycles. The molecule has 2 aliphatic heterocycles. The molecule has 2 aliphatic rings. The fraction of sp³-hybridized carbons (Fsp3) is 0.636. The molecule has 0 amide bonds. The topological polar surface area (TPSA) is 103 Å². The number of aliphatic hydroxyl groups excluding tert-OH is 3. The molecule has 0 bridgehead atoms. The molecular weight excluding hydrogens is 284 g/mol. The smallest absolute Gasteiger partial charge is 0.165 e. The van der Waals surface area contributed by atoms with E-state index in [1.54, 1.807) is 15.8 Å². The van der Waals surface area contributed by atoms with Crippen LogP contribution in [-0.4, -0.2) is 68.1 Å². The highest BCUT2D eigenvalue weighted by Gasteiger charge is 2.44. The first-order valence-corrected chi connectivity index (χ1v) is 6.69. The second kappa shape index (κ2) is 5.01. The van der Waals surface area contributed by atoms with Crippen LogP contribution in [0.2, 0.25) is 0 Å². The van der Waals surface area contributed by atoms with Crippen molar-refractivity contribution < 1.29 is 20.1 Å². The molecule has 1 aromatic heterocycles. The van der Waals surface area contributed by atoms with E-state index in [2.05, 4.69) is 22.6 Å². The third-order valence-electron chi connectivity index (χ3n) is 3.58. The number of hydrogen-bond donors (Lipinski definition) is 4. The number of aromatic nitrogens is 2. The van der Waals surface area contributed by atoms with Crippen LogP contribution in [0.15, 0.2) is 11.3 Å². The zero-order chi connectivity index (χ0) is 14.4. The van der Waals surface area contributed by atoms with Gasteiger partial charge in [-0.3, -0.25) is 4.57 Å². The van der Waals surface area contributed by atoms with Crippen molar-refractivity contribution in [1.82, 2.24) is 14.5 Å². The van der Waals surface area contributed by atoms with Crippen LogP contribution in [0, 0.1) is 0 Å². The zero-order valence-electron chi connectivity index (χ0n) is 10.7. The summed E-state index contributed by atoms with van der Waals surface area (Å²) in [7, 11) is 1.83. The van der Waals surface area contributed by atoms with Crippen LogP contribution in [-0.2, 0) is 4.74 Å². The first kappa shape index (κ1) is 13.8. The Balaban J connectivity index is 1.95. The number of nitrogens with zero attached hydrogens (tertiary/aromatic N) is 4. The van der Waals surface area contributed by atoms with Crippen molar-refractivity contribution in [2.45, 2.75) is 29.9 Å². The third kappa shape index (κ3) is 1.93. The molecular formula is C11H16N4O4S. The fourth-order valence-electron chi connectivity index (χ4n) is 2.38. The molecule has 5 atom stereocenters. The highest BCUT2D eigenvalue weighted by molar-refractivity contribution is 7.80. The van der Waals surface area contributed by atoms with E-state index in [-0.39, 0.29) is 12.0 Å². The van der Waals surface area contributed by atoms with Crippen LogP contribution in [0.25, 0.3) is 0 Å². The van der Waals surface area contributed by atoms with E-state index >= 15 is 0 Å². The quantitative estimate of drug-likeness (QED) is 0.524. The Morgan fingerprint density at radius 3 is 2.80 bits per heavy atom. The van der Waals surface area contributed by atoms with E-state index in [0.717, 1.165) is 0 Å². The van der Waals surface area contributed by atoms with Crippen molar-refractivity contribution in [3.63, 3.8) is 0 Å². The van der Waals surface area contributed by atoms with Crippen LogP contribution in [0.5, 0.6) is 0 Å². The van der Waals surface area contributed by atoms with Gasteiger partial charge in [-0.25, -0.2) is 9.98 Å². The van der Waals surface area contributed by atoms with Crippen molar-refractivity contribution in [3.05, 3.63) is 12.0 Å². The molecule has 3 N–H and O–H groups in total. The van der Waals surface area contributed by atoms with Gasteiger partial charge >= 0.3 is 0 Å². The lowest BCUT2D eigenvalue weighted by Crippen LogP contribution is -2.33. The Labute approximate surface area is 120 Å². The number of thiol groups is 1. The number of fused-ring (bicyclic) bond motifs is 1. The summed E-state index contributed by atoms with van der Waals surface area (Å²) in [5.74, 6) is 0.526. The Morgan fingerprint density at radius 1 is 1.40 bits per heavy atom. The summed E-state index contributed by atoms with van der Waals surface area (Å²) in [5, 5.41) is 28.7. The van der Waals surface area contributed by atoms with E-state index in [0.29, 0.717) is 11.5 Å². The maximum Gasteiger partial charge on any atom is 0.165 e. The number of rotatable bonds is 2. The van der Waals surface area contributed by atoms with Crippen molar-refractivity contribution in [1.29, 1.82) is 0 Å². The normalized spacial score (nSPS) is 36.5. The molecule has 8 nitrogen and oxygen atoms in total. The molecule has 110 valence electrons. The molecule has 0 spiro atoms. The molecule has 3 unspecified atom stereocenters. The SMILES string of the molecule is CN1C=Nc2c(ncn2[C@@H]2O[C@H](CO)C(O)C2O)C1S. The van der Waals surface area contributed by atoms with Gasteiger partial charge in [0.2, 0.25) is 0 Å². The van der Waals surface area contributed by atoms with E-state index in [1.807, 2.05) is 7.05 Å². The number of hydrogen-bond acceptors (Lipinski definition) is 8. The average molecular weight is 300 g/mol. The maximum absolute atomic E-state index is 10.0. The Hall–Kier alpha value is -1.13. The van der Waals surface area contributed by atoms with Crippen LogP contribution in [0.3, 0.4) is 0 Å². The van der Waals surface area contributed by atoms with Crippen LogP contribution < -0.4 is 0 Å². The van der Waals surface area contributed by atoms with Gasteiger partial charge in [0.05, 0.1) is 19.3 Å². The van der Waals surface area contributed by atoms with Crippen LogP contribution >= 0.6 is 12.6 Å². The summed E-state index contributed by atoms with van der Waals surface area (Å²) in [4.78, 5) is 10.3. The third-order valence-corrected chi connectivity index (χ3v) is 4.19. The van der Waals surface area contributed by atoms with E-state index in [1.165, 1.54) is 6.33 Å². The lowest BCUT2D eigenvalue weighted by Gasteiger charge is -2.25. The van der Waals surface area contributed by atoms with Gasteiger partial charge in [-0.15, -0.1) is 12.6 Å². The summed E-state index contributed by atoms with van der Waals surface area (Å²) < 4.78 is 7.02. The standard InChI is InChI=1S/C11H16N4O4S/c1-14-3-13-9-6(11(14)20)12-4-15(9)10-8(18)7(17)5(2-16)19-10/h3-5,7-8,10-11,16-18,20H,2H2,1H3/t5-,7?,8?,10-,11?/m1/s1. The number of aliphatic hydroxyl groups is 3. The van der Waals surface area contributed by atoms with Gasteiger partial charge in [-0.05, 0) is 0 Å². The second-order valence-corrected chi connectivity index (χ2v) is 5.36. The summed E-state index contributed by atoms with van der Waals surface area (Å²) in [6.07, 6.45) is -0.858. The molecule has 3 rings (SSSR count). The Morgan fingerprint density at radius 2 is 2.15 bits per heavy atom. The van der Waals surface area contributed by atoms with Crippen molar-refractivity contribution in [2.75, 3.05) is 13.7 Å². The molecule has 0 radical (unpaired) electrons. The molecule has 3 heterocycles. The first-order valence-electron chi connectivity index (χ1n) is 6.18. The van der Waals surface area contributed by atoms with Crippen molar-refractivity contribution in [3.8, 4) is 0 Å². The average Bonchev–Trinajstić information content (AvgIpc) is 2.98. The fourth-order valence-corrected chi connectivity index (χ4v) is 2.62. The lowest BCUT2D eigenvalue weighted by molar-refractivity contribution is -0.0520. The van der Waals surface area contributed by atoms with Gasteiger partial charge in [-0.1, -0.05) is 0 Å². The van der Waals surface area contributed by atoms with Gasteiger partial charge < -0.3 is 25.0 Å². The van der Waals surface area contributed by atoms with Crippen LogP contribution in [0.1, 0.15) is 17.3 Å². The molecule has 0 aromatic carbocycles. The molecule has 1 aromatic rings. The second-order valence-electron chi connectivity index (χ2n) is 4.87. The maximum atomic E-state index is 10.0. The molecule has 1 fully saturated rings. The summed E-state index contributed by atoms with van der Waals surface area (Å²) >= 11 is 4.43. The number of imidazole rings is 1. The minimum Gasteiger partial charge on any atom is -0.394 e. The number of aliphatic imine (C=N–C) groups is 1. The Kier molecular flexibility index (Phi) is 3.46. The zero-order valence-corrected chi connectivity index (χ0v) is 11.6. The predicted octanol–water partition coefficient (Wildman–Crippen LogP) is -0.972. The van der Waals surface area contributed by atoms with Gasteiger partial charge in [-0.2, -0.15) is 0 Å². The molecule has 9 heteroatoms. The first-order chi connectivity index (χ1) is 9.54. The van der Waals surface area contributed by atoms with Gasteiger partial charge in [0.15, 0.2) is 12.0 Å². The summed E-state index contributed by atoms with van der Waals surface area (Å²) in [5.41, 5.74) is 0.649. The highest BCUT2D eigenvalue weighted by atomic mass is 32.1. The molecule has 0 saturated carbocycles. The van der Waals surface area contributed by atoms with Gasteiger partial charge in [0, 0.05) is 7.05 Å². The lowest BCUT2D eigenvalue weighted by atomic mass is 10.1. The van der Waals surface area contributed by atoms with E-state index in [9.17, 15) is 10.2 Å². The minimum atomic E-state index is -1.15. The number of ether oxygens (including phenoxy) is 1. The predicted molar refractivity (Wildman–Crippen MR) is 72.9 cm³/mol. The molecule has 20 heavy (non-hydrogen) atoms. The largest absolute Gasteiger partial charge is 0.394 e. The van der Waals surface area contributed by atoms with E-state index in [4.69, 9.17) is 9.84 Å². The van der Waals surface area contributed by atoms with E-state index < -0.39 is 24.5 Å². The highest BCUT2D eigenvalue weighted by Crippen LogP contribution is 2.38. The van der Waals surface area contributed by atoms with Gasteiger partial charge in [0.1, 0.15) is 29.4 Å². The van der Waals surface area contributed by atoms with Crippen molar-refractivity contribution >= 4 is 24.8 Å². The monoisotopic (exact) mass is 300 g/mol. The molecule has 1 saturated heterocycles. The minimum absolute atomic E-state index is 0.235. The van der Waals surface area contributed by atoms with Gasteiger partial charge in [0.25, 0.3) is 0 Å². The summed E-state index contributed by atoms with van der Waals surface area (Å²) in [6, 6.07) is 0.